The number of rotatable bonds is 6. The minimum Gasteiger partial charge on any atom is -0.493 e. The first kappa shape index (κ1) is 20.6. The average molecular weight is 436 g/mol. The third-order valence-electron chi connectivity index (χ3n) is 6.04. The highest BCUT2D eigenvalue weighted by Gasteiger charge is 2.22. The third-order valence-corrected chi connectivity index (χ3v) is 6.04. The zero-order valence-corrected chi connectivity index (χ0v) is 18.3. The number of hydrogen-bond acceptors (Lipinski definition) is 6. The minimum atomic E-state index is -0.500. The van der Waals surface area contributed by atoms with Crippen LogP contribution in [0.4, 0.5) is 4.39 Å². The van der Waals surface area contributed by atoms with E-state index in [1.165, 1.54) is 6.07 Å². The molecule has 0 aliphatic carbocycles. The van der Waals surface area contributed by atoms with Crippen molar-refractivity contribution in [2.24, 2.45) is 0 Å². The largest absolute Gasteiger partial charge is 0.493 e. The van der Waals surface area contributed by atoms with Crippen LogP contribution in [0.5, 0.6) is 5.75 Å². The molecule has 0 fully saturated rings. The molecule has 1 aliphatic heterocycles. The summed E-state index contributed by atoms with van der Waals surface area (Å²) in [5.74, 6) is 1.33. The number of aliphatic hydroxyl groups excluding tert-OH is 1. The van der Waals surface area contributed by atoms with Crippen LogP contribution in [0, 0.1) is 19.7 Å². The van der Waals surface area contributed by atoms with E-state index in [2.05, 4.69) is 20.3 Å². The quantitative estimate of drug-likeness (QED) is 0.500. The molecule has 5 rings (SSSR count). The maximum absolute atomic E-state index is 14.5. The van der Waals surface area contributed by atoms with Gasteiger partial charge in [0.15, 0.2) is 5.65 Å². The fourth-order valence-corrected chi connectivity index (χ4v) is 4.57. The van der Waals surface area contributed by atoms with Crippen molar-refractivity contribution in [2.45, 2.75) is 52.7 Å². The van der Waals surface area contributed by atoms with Gasteiger partial charge in [0.1, 0.15) is 23.7 Å². The van der Waals surface area contributed by atoms with Gasteiger partial charge in [0, 0.05) is 41.4 Å². The highest BCUT2D eigenvalue weighted by atomic mass is 19.1. The molecular weight excluding hydrogens is 411 g/mol. The normalized spacial score (nSPS) is 14.0. The Bertz CT molecular complexity index is 1310. The number of aryl methyl sites for hydroxylation is 2. The maximum atomic E-state index is 14.5. The zero-order valence-electron chi connectivity index (χ0n) is 18.3. The highest BCUT2D eigenvalue weighted by molar-refractivity contribution is 5.79. The SMILES string of the molecule is Cc1nn(C[C@@H](C)O)c(C)c1-c1cnc(CCc2c(F)ccc3c2CCO3)n2cnnc12. The van der Waals surface area contributed by atoms with Crippen LogP contribution >= 0.6 is 0 Å². The molecule has 0 amide bonds. The average Bonchev–Trinajstić information content (AvgIpc) is 3.47. The first-order valence-electron chi connectivity index (χ1n) is 10.8. The maximum Gasteiger partial charge on any atom is 0.171 e. The van der Waals surface area contributed by atoms with Gasteiger partial charge in [-0.3, -0.25) is 9.08 Å². The van der Waals surface area contributed by atoms with Crippen molar-refractivity contribution >= 4 is 5.65 Å². The van der Waals surface area contributed by atoms with Crippen molar-refractivity contribution in [1.82, 2.24) is 29.4 Å². The molecule has 0 bridgehead atoms. The van der Waals surface area contributed by atoms with Gasteiger partial charge in [-0.2, -0.15) is 5.10 Å². The summed E-state index contributed by atoms with van der Waals surface area (Å²) in [5.41, 5.74) is 5.87. The number of fused-ring (bicyclic) bond motifs is 2. The molecule has 1 atom stereocenters. The van der Waals surface area contributed by atoms with Crippen LogP contribution in [-0.4, -0.2) is 47.2 Å². The smallest absolute Gasteiger partial charge is 0.171 e. The Morgan fingerprint density at radius 2 is 2.09 bits per heavy atom. The van der Waals surface area contributed by atoms with E-state index in [0.717, 1.165) is 46.1 Å². The molecule has 0 radical (unpaired) electrons. The molecule has 8 nitrogen and oxygen atoms in total. The number of aromatic nitrogens is 6. The van der Waals surface area contributed by atoms with Gasteiger partial charge in [0.05, 0.1) is 24.9 Å². The second-order valence-electron chi connectivity index (χ2n) is 8.29. The van der Waals surface area contributed by atoms with Crippen molar-refractivity contribution in [1.29, 1.82) is 0 Å². The van der Waals surface area contributed by atoms with Gasteiger partial charge in [-0.15, -0.1) is 10.2 Å². The Hall–Kier alpha value is -3.33. The fourth-order valence-electron chi connectivity index (χ4n) is 4.57. The van der Waals surface area contributed by atoms with Crippen LogP contribution in [-0.2, 0) is 25.8 Å². The molecule has 32 heavy (non-hydrogen) atoms. The molecule has 1 aliphatic rings. The van der Waals surface area contributed by atoms with E-state index in [1.54, 1.807) is 30.2 Å². The molecule has 1 N–H and O–H groups in total. The molecule has 4 heterocycles. The molecular formula is C23H25FN6O2. The molecule has 166 valence electrons. The lowest BCUT2D eigenvalue weighted by Crippen LogP contribution is -2.14. The standard InChI is InChI=1S/C23H25FN6O2/c1-13(31)11-30-15(3)22(14(2)28-30)18-10-25-21(29-12-26-27-23(18)29)7-4-16-17-8-9-32-20(17)6-5-19(16)24/h5-6,10,12-13,31H,4,7-9,11H2,1-3H3/t13-/m1/s1. The van der Waals surface area contributed by atoms with Crippen LogP contribution in [0.15, 0.2) is 24.7 Å². The Morgan fingerprint density at radius 1 is 1.25 bits per heavy atom. The molecule has 0 spiro atoms. The predicted molar refractivity (Wildman–Crippen MR) is 116 cm³/mol. The van der Waals surface area contributed by atoms with Crippen LogP contribution in [0.1, 0.15) is 35.3 Å². The zero-order chi connectivity index (χ0) is 22.4. The topological polar surface area (TPSA) is 90.4 Å². The van der Waals surface area contributed by atoms with Crippen molar-refractivity contribution in [3.8, 4) is 16.9 Å². The number of hydrogen-bond donors (Lipinski definition) is 1. The second-order valence-corrected chi connectivity index (χ2v) is 8.29. The summed E-state index contributed by atoms with van der Waals surface area (Å²) in [5, 5.41) is 22.8. The lowest BCUT2D eigenvalue weighted by atomic mass is 10.00. The van der Waals surface area contributed by atoms with Gasteiger partial charge in [-0.1, -0.05) is 0 Å². The number of ether oxygens (including phenoxy) is 1. The Balaban J connectivity index is 1.50. The van der Waals surface area contributed by atoms with Gasteiger partial charge in [-0.25, -0.2) is 9.37 Å². The Kier molecular flexibility index (Phi) is 5.13. The van der Waals surface area contributed by atoms with Crippen LogP contribution < -0.4 is 4.74 Å². The van der Waals surface area contributed by atoms with Gasteiger partial charge >= 0.3 is 0 Å². The molecule has 0 saturated heterocycles. The monoisotopic (exact) mass is 436 g/mol. The van der Waals surface area contributed by atoms with E-state index in [9.17, 15) is 9.50 Å². The first-order valence-corrected chi connectivity index (χ1v) is 10.8. The summed E-state index contributed by atoms with van der Waals surface area (Å²) in [6, 6.07) is 3.18. The Morgan fingerprint density at radius 3 is 2.91 bits per heavy atom. The lowest BCUT2D eigenvalue weighted by Gasteiger charge is -2.11. The van der Waals surface area contributed by atoms with Crippen LogP contribution in [0.3, 0.4) is 0 Å². The summed E-state index contributed by atoms with van der Waals surface area (Å²) < 4.78 is 23.8. The number of nitrogens with zero attached hydrogens (tertiary/aromatic N) is 6. The van der Waals surface area contributed by atoms with E-state index >= 15 is 0 Å². The summed E-state index contributed by atoms with van der Waals surface area (Å²) in [4.78, 5) is 4.69. The van der Waals surface area contributed by atoms with Gasteiger partial charge < -0.3 is 9.84 Å². The van der Waals surface area contributed by atoms with Crippen molar-refractivity contribution in [2.75, 3.05) is 6.61 Å². The molecule has 9 heteroatoms. The van der Waals surface area contributed by atoms with E-state index in [4.69, 9.17) is 4.74 Å². The molecule has 0 unspecified atom stereocenters. The van der Waals surface area contributed by atoms with E-state index in [-0.39, 0.29) is 5.82 Å². The van der Waals surface area contributed by atoms with Gasteiger partial charge in [0.2, 0.25) is 0 Å². The molecule has 1 aromatic carbocycles. The minimum absolute atomic E-state index is 0.206. The Labute approximate surface area is 184 Å². The summed E-state index contributed by atoms with van der Waals surface area (Å²) >= 11 is 0. The number of aliphatic hydroxyl groups is 1. The van der Waals surface area contributed by atoms with Crippen LogP contribution in [0.2, 0.25) is 0 Å². The van der Waals surface area contributed by atoms with Crippen molar-refractivity contribution in [3.05, 3.63) is 58.8 Å². The predicted octanol–water partition coefficient (Wildman–Crippen LogP) is 2.84. The number of benzene rings is 1. The summed E-state index contributed by atoms with van der Waals surface area (Å²) in [6.07, 6.45) is 4.72. The van der Waals surface area contributed by atoms with Crippen molar-refractivity contribution < 1.29 is 14.2 Å². The first-order chi connectivity index (χ1) is 15.4. The van der Waals surface area contributed by atoms with Crippen LogP contribution in [0.25, 0.3) is 16.8 Å². The van der Waals surface area contributed by atoms with E-state index in [0.29, 0.717) is 37.2 Å². The summed E-state index contributed by atoms with van der Waals surface area (Å²) in [6.45, 7) is 6.65. The van der Waals surface area contributed by atoms with Crippen molar-refractivity contribution in [3.63, 3.8) is 0 Å². The molecule has 4 aromatic rings. The van der Waals surface area contributed by atoms with E-state index < -0.39 is 6.10 Å². The summed E-state index contributed by atoms with van der Waals surface area (Å²) in [7, 11) is 0. The lowest BCUT2D eigenvalue weighted by molar-refractivity contribution is 0.167. The fraction of sp³-hybridized carbons (Fsp3) is 0.391. The molecule has 3 aromatic heterocycles. The second kappa shape index (κ2) is 7.98. The highest BCUT2D eigenvalue weighted by Crippen LogP contribution is 2.32. The van der Waals surface area contributed by atoms with Gasteiger partial charge in [0.25, 0.3) is 0 Å². The van der Waals surface area contributed by atoms with Gasteiger partial charge in [-0.05, 0) is 44.9 Å². The van der Waals surface area contributed by atoms with E-state index in [1.807, 2.05) is 18.2 Å². The third kappa shape index (κ3) is 3.42. The molecule has 0 saturated carbocycles. The number of halogens is 1.